The highest BCUT2D eigenvalue weighted by molar-refractivity contribution is 5.91. The van der Waals surface area contributed by atoms with E-state index in [1.54, 1.807) is 0 Å². The molecular weight excluding hydrogens is 576 g/mol. The summed E-state index contributed by atoms with van der Waals surface area (Å²) in [5.41, 5.74) is 2.89. The van der Waals surface area contributed by atoms with E-state index in [1.807, 2.05) is 62.4 Å². The molecule has 2 aromatic rings. The lowest BCUT2D eigenvalue weighted by Crippen LogP contribution is -2.54. The summed E-state index contributed by atoms with van der Waals surface area (Å²) in [4.78, 5) is 50.4. The molecule has 0 aromatic heterocycles. The summed E-state index contributed by atoms with van der Waals surface area (Å²) in [7, 11) is 0. The number of benzene rings is 2. The maximum absolute atomic E-state index is 13.5. The van der Waals surface area contributed by atoms with E-state index in [9.17, 15) is 24.3 Å². The largest absolute Gasteiger partial charge is 0.494 e. The van der Waals surface area contributed by atoms with Crippen LogP contribution in [0, 0.1) is 12.8 Å². The molecule has 45 heavy (non-hydrogen) atoms. The second-order valence-electron chi connectivity index (χ2n) is 11.5. The second-order valence-corrected chi connectivity index (χ2v) is 11.5. The van der Waals surface area contributed by atoms with Gasteiger partial charge in [0.15, 0.2) is 0 Å². The van der Waals surface area contributed by atoms with Gasteiger partial charge in [-0.3, -0.25) is 14.4 Å². The molecule has 3 atom stereocenters. The quantitative estimate of drug-likeness (QED) is 0.148. The van der Waals surface area contributed by atoms with E-state index in [0.29, 0.717) is 31.8 Å². The van der Waals surface area contributed by atoms with E-state index < -0.39 is 30.1 Å². The lowest BCUT2D eigenvalue weighted by Gasteiger charge is -2.23. The van der Waals surface area contributed by atoms with E-state index in [4.69, 9.17) is 9.47 Å². The van der Waals surface area contributed by atoms with Crippen LogP contribution in [0.5, 0.6) is 5.75 Å². The summed E-state index contributed by atoms with van der Waals surface area (Å²) < 4.78 is 11.1. The van der Waals surface area contributed by atoms with Crippen LogP contribution in [-0.4, -0.2) is 67.4 Å². The fourth-order valence-corrected chi connectivity index (χ4v) is 5.06. The van der Waals surface area contributed by atoms with E-state index >= 15 is 0 Å². The number of unbranched alkanes of at least 4 members (excludes halogenated alkanes) is 1. The number of ether oxygens (including phenoxy) is 2. The van der Waals surface area contributed by atoms with Crippen molar-refractivity contribution in [3.63, 3.8) is 0 Å². The third kappa shape index (κ3) is 13.2. The Hall–Kier alpha value is -4.12. The summed E-state index contributed by atoms with van der Waals surface area (Å²) in [6, 6.07) is 13.3. The molecule has 0 radical (unpaired) electrons. The minimum atomic E-state index is -1.18. The zero-order valence-electron chi connectivity index (χ0n) is 26.4. The van der Waals surface area contributed by atoms with Crippen molar-refractivity contribution in [2.24, 2.45) is 5.92 Å². The number of aryl methyl sites for hydroxylation is 2. The van der Waals surface area contributed by atoms with Crippen molar-refractivity contribution < 1.29 is 33.8 Å². The predicted molar refractivity (Wildman–Crippen MR) is 171 cm³/mol. The minimum absolute atomic E-state index is 0.152. The third-order valence-electron chi connectivity index (χ3n) is 7.91. The first-order chi connectivity index (χ1) is 21.7. The zero-order valence-corrected chi connectivity index (χ0v) is 26.4. The van der Waals surface area contributed by atoms with Gasteiger partial charge in [0, 0.05) is 13.0 Å². The van der Waals surface area contributed by atoms with Gasteiger partial charge in [-0.05, 0) is 93.3 Å². The van der Waals surface area contributed by atoms with Crippen molar-refractivity contribution in [1.82, 2.24) is 21.3 Å². The summed E-state index contributed by atoms with van der Waals surface area (Å²) in [6.07, 6.45) is 3.14. The minimum Gasteiger partial charge on any atom is -0.494 e. The zero-order chi connectivity index (χ0) is 32.4. The molecule has 1 saturated heterocycles. The lowest BCUT2D eigenvalue weighted by molar-refractivity contribution is -0.137. The molecule has 1 fully saturated rings. The number of amides is 3. The van der Waals surface area contributed by atoms with Crippen LogP contribution < -0.4 is 26.0 Å². The highest BCUT2D eigenvalue weighted by atomic mass is 16.5. The lowest BCUT2D eigenvalue weighted by atomic mass is 10.0. The number of hydrogen-bond acceptors (Lipinski definition) is 7. The third-order valence-corrected chi connectivity index (χ3v) is 7.91. The van der Waals surface area contributed by atoms with Crippen molar-refractivity contribution in [1.29, 1.82) is 0 Å². The van der Waals surface area contributed by atoms with E-state index in [1.165, 1.54) is 0 Å². The Morgan fingerprint density at radius 3 is 2.49 bits per heavy atom. The van der Waals surface area contributed by atoms with Crippen molar-refractivity contribution in [3.05, 3.63) is 65.2 Å². The van der Waals surface area contributed by atoms with Crippen LogP contribution in [0.3, 0.4) is 0 Å². The predicted octanol–water partition coefficient (Wildman–Crippen LogP) is 3.87. The first kappa shape index (κ1) is 35.4. The second kappa shape index (κ2) is 19.3. The first-order valence-electron chi connectivity index (χ1n) is 15.9. The molecule has 2 aromatic carbocycles. The average Bonchev–Trinajstić information content (AvgIpc) is 3.55. The first-order valence-corrected chi connectivity index (χ1v) is 15.9. The van der Waals surface area contributed by atoms with Gasteiger partial charge in [-0.15, -0.1) is 0 Å². The highest BCUT2D eigenvalue weighted by Crippen LogP contribution is 2.19. The molecule has 3 amide bonds. The number of carbonyl (C=O) groups is 4. The number of nitrogens with one attached hydrogen (secondary N) is 4. The Balaban J connectivity index is 1.66. The molecule has 3 rings (SSSR count). The van der Waals surface area contributed by atoms with Crippen LogP contribution in [0.1, 0.15) is 68.6 Å². The maximum atomic E-state index is 13.5. The van der Waals surface area contributed by atoms with Gasteiger partial charge in [-0.1, -0.05) is 49.7 Å². The monoisotopic (exact) mass is 624 g/mol. The van der Waals surface area contributed by atoms with Gasteiger partial charge >= 0.3 is 12.1 Å². The number of rotatable bonds is 19. The van der Waals surface area contributed by atoms with Crippen LogP contribution in [0.25, 0.3) is 0 Å². The van der Waals surface area contributed by atoms with E-state index in [2.05, 4.69) is 21.3 Å². The Morgan fingerprint density at radius 2 is 1.78 bits per heavy atom. The highest BCUT2D eigenvalue weighted by Gasteiger charge is 2.28. The molecule has 0 aliphatic carbocycles. The topological polar surface area (TPSA) is 155 Å². The molecule has 11 heteroatoms. The van der Waals surface area contributed by atoms with Gasteiger partial charge < -0.3 is 35.8 Å². The van der Waals surface area contributed by atoms with Crippen LogP contribution in [0.15, 0.2) is 48.5 Å². The standard InChI is InChI=1S/C34H48N4O7/c1-3-4-19-45-34(43)38-30(14-15-31(39)40)33(42)37-29(13-11-25-8-6-5-7-9-25)32(41)36-23-27-21-28(12-10-24(27)2)44-20-17-26-16-18-35-22-26/h5-10,12,21,26,29-30,35H,3-4,11,13-20,22-23H2,1-2H3,(H,36,41)(H,37,42)(H,38,43)(H,39,40)/t26?,29-,30-/m0/s1. The summed E-state index contributed by atoms with van der Waals surface area (Å²) >= 11 is 0. The number of alkyl carbamates (subject to hydrolysis) is 1. The van der Waals surface area contributed by atoms with Crippen LogP contribution >= 0.6 is 0 Å². The van der Waals surface area contributed by atoms with E-state index in [-0.39, 0.29) is 31.9 Å². The van der Waals surface area contributed by atoms with Crippen molar-refractivity contribution in [2.45, 2.75) is 83.8 Å². The number of carboxylic acids is 1. The summed E-state index contributed by atoms with van der Waals surface area (Å²) in [6.45, 7) is 7.03. The Kier molecular flexibility index (Phi) is 15.2. The number of hydrogen-bond donors (Lipinski definition) is 5. The van der Waals surface area contributed by atoms with Crippen molar-refractivity contribution in [3.8, 4) is 5.75 Å². The average molecular weight is 625 g/mol. The van der Waals surface area contributed by atoms with Crippen LogP contribution in [-0.2, 0) is 32.1 Å². The molecule has 0 spiro atoms. The summed E-state index contributed by atoms with van der Waals surface area (Å²) in [5, 5.41) is 20.7. The molecule has 1 aliphatic heterocycles. The number of carbonyl (C=O) groups excluding carboxylic acids is 3. The van der Waals surface area contributed by atoms with Gasteiger partial charge in [0.25, 0.3) is 0 Å². The van der Waals surface area contributed by atoms with E-state index in [0.717, 1.165) is 54.8 Å². The van der Waals surface area contributed by atoms with Gasteiger partial charge in [0.1, 0.15) is 17.8 Å². The molecule has 5 N–H and O–H groups in total. The fraction of sp³-hybridized carbons (Fsp3) is 0.529. The molecular formula is C34H48N4O7. The van der Waals surface area contributed by atoms with Gasteiger partial charge in [0.05, 0.1) is 13.2 Å². The Morgan fingerprint density at radius 1 is 1.00 bits per heavy atom. The smallest absolute Gasteiger partial charge is 0.407 e. The molecule has 11 nitrogen and oxygen atoms in total. The molecule has 1 heterocycles. The molecule has 0 saturated carbocycles. The number of aliphatic carboxylic acids is 1. The molecule has 1 aliphatic rings. The van der Waals surface area contributed by atoms with Crippen LogP contribution in [0.4, 0.5) is 4.79 Å². The molecule has 0 bridgehead atoms. The normalized spacial score (nSPS) is 15.5. The van der Waals surface area contributed by atoms with Gasteiger partial charge in [-0.2, -0.15) is 0 Å². The van der Waals surface area contributed by atoms with Crippen molar-refractivity contribution >= 4 is 23.9 Å². The summed E-state index contributed by atoms with van der Waals surface area (Å²) in [5.74, 6) is -0.780. The van der Waals surface area contributed by atoms with Gasteiger partial charge in [0.2, 0.25) is 11.8 Å². The Bertz CT molecular complexity index is 1230. The Labute approximate surface area is 265 Å². The fourth-order valence-electron chi connectivity index (χ4n) is 5.06. The van der Waals surface area contributed by atoms with Crippen molar-refractivity contribution in [2.75, 3.05) is 26.3 Å². The molecule has 1 unspecified atom stereocenters. The maximum Gasteiger partial charge on any atom is 0.407 e. The molecule has 246 valence electrons. The van der Waals surface area contributed by atoms with Crippen LogP contribution in [0.2, 0.25) is 0 Å². The van der Waals surface area contributed by atoms with Gasteiger partial charge in [-0.25, -0.2) is 4.79 Å². The SMILES string of the molecule is CCCCOC(=O)N[C@@H](CCC(=O)O)C(=O)N[C@@H](CCc1ccccc1)C(=O)NCc1cc(OCCC2CCNC2)ccc1C. The number of carboxylic acid groups (broad SMARTS) is 1.